The van der Waals surface area contributed by atoms with Crippen LogP contribution < -0.4 is 5.73 Å². The van der Waals surface area contributed by atoms with Crippen LogP contribution in [0.3, 0.4) is 0 Å². The molecule has 0 aromatic heterocycles. The first-order chi connectivity index (χ1) is 9.67. The van der Waals surface area contributed by atoms with Gasteiger partial charge in [-0.1, -0.05) is 11.6 Å². The fourth-order valence-corrected chi connectivity index (χ4v) is 4.51. The van der Waals surface area contributed by atoms with Gasteiger partial charge in [0.15, 0.2) is 0 Å². The summed E-state index contributed by atoms with van der Waals surface area (Å²) in [4.78, 5) is -0.778. The van der Waals surface area contributed by atoms with Gasteiger partial charge in [-0.25, -0.2) is 8.42 Å². The molecule has 21 heavy (non-hydrogen) atoms. The van der Waals surface area contributed by atoms with Crippen LogP contribution in [-0.4, -0.2) is 31.9 Å². The fourth-order valence-electron chi connectivity index (χ4n) is 2.44. The Kier molecular flexibility index (Phi) is 4.53. The van der Waals surface area contributed by atoms with Crippen LogP contribution in [-0.2, 0) is 16.2 Å². The zero-order valence-corrected chi connectivity index (χ0v) is 12.5. The second kappa shape index (κ2) is 5.75. The summed E-state index contributed by atoms with van der Waals surface area (Å²) in [5.41, 5.74) is 4.25. The number of nitrogens with two attached hydrogens (primary N) is 1. The molecule has 0 saturated carbocycles. The van der Waals surface area contributed by atoms with E-state index in [9.17, 15) is 21.6 Å². The van der Waals surface area contributed by atoms with E-state index in [4.69, 9.17) is 17.3 Å². The van der Waals surface area contributed by atoms with Gasteiger partial charge in [0, 0.05) is 24.2 Å². The Labute approximate surface area is 125 Å². The lowest BCUT2D eigenvalue weighted by Crippen LogP contribution is -2.40. The van der Waals surface area contributed by atoms with Crippen molar-refractivity contribution in [3.05, 3.63) is 28.8 Å². The number of hydrogen-bond donors (Lipinski definition) is 1. The molecule has 9 heteroatoms. The zero-order chi connectivity index (χ0) is 15.8. The molecule has 1 aliphatic heterocycles. The monoisotopic (exact) mass is 342 g/mol. The molecule has 0 unspecified atom stereocenters. The fraction of sp³-hybridized carbons (Fsp3) is 0.500. The second-order valence-corrected chi connectivity index (χ2v) is 7.08. The summed E-state index contributed by atoms with van der Waals surface area (Å²) in [5, 5.41) is -0.168. The standard InChI is InChI=1S/C12H14ClF3N2O2S/c13-8-3-4-11(10(6-8)12(14,15)16)21(19,20)18-5-1-2-9(18)7-17/h3-4,6,9H,1-2,5,7,17H2/t9-/m1/s1. The molecule has 1 aliphatic rings. The number of hydrogen-bond acceptors (Lipinski definition) is 3. The average Bonchev–Trinajstić information content (AvgIpc) is 2.86. The maximum atomic E-state index is 13.1. The second-order valence-electron chi connectivity index (χ2n) is 4.79. The molecule has 1 aromatic rings. The summed E-state index contributed by atoms with van der Waals surface area (Å²) in [5.74, 6) is 0. The summed E-state index contributed by atoms with van der Waals surface area (Å²) in [7, 11) is -4.26. The van der Waals surface area contributed by atoms with Crippen molar-refractivity contribution in [3.8, 4) is 0 Å². The lowest BCUT2D eigenvalue weighted by atomic mass is 10.2. The summed E-state index contributed by atoms with van der Waals surface area (Å²) in [6.45, 7) is 0.248. The van der Waals surface area contributed by atoms with Gasteiger partial charge in [0.1, 0.15) is 0 Å². The maximum absolute atomic E-state index is 13.1. The maximum Gasteiger partial charge on any atom is 0.417 e. The van der Waals surface area contributed by atoms with E-state index in [0.29, 0.717) is 18.9 Å². The number of nitrogens with zero attached hydrogens (tertiary/aromatic N) is 1. The van der Waals surface area contributed by atoms with Gasteiger partial charge in [-0.15, -0.1) is 0 Å². The molecule has 4 nitrogen and oxygen atoms in total. The number of rotatable bonds is 3. The predicted octanol–water partition coefficient (Wildman–Crippen LogP) is 2.47. The van der Waals surface area contributed by atoms with Crippen molar-refractivity contribution < 1.29 is 21.6 Å². The van der Waals surface area contributed by atoms with Crippen LogP contribution in [0.5, 0.6) is 0 Å². The highest BCUT2D eigenvalue weighted by Crippen LogP contribution is 2.38. The highest BCUT2D eigenvalue weighted by Gasteiger charge is 2.41. The third kappa shape index (κ3) is 3.18. The summed E-state index contributed by atoms with van der Waals surface area (Å²) in [6, 6.07) is 2.19. The van der Waals surface area contributed by atoms with Crippen molar-refractivity contribution >= 4 is 21.6 Å². The molecule has 1 heterocycles. The Bertz CT molecular complexity index is 634. The van der Waals surface area contributed by atoms with Crippen LogP contribution >= 0.6 is 11.6 Å². The van der Waals surface area contributed by atoms with Gasteiger partial charge in [-0.05, 0) is 31.0 Å². The van der Waals surface area contributed by atoms with E-state index < -0.39 is 32.7 Å². The topological polar surface area (TPSA) is 63.4 Å². The quantitative estimate of drug-likeness (QED) is 0.917. The van der Waals surface area contributed by atoms with Gasteiger partial charge in [-0.3, -0.25) is 0 Å². The first-order valence-electron chi connectivity index (χ1n) is 6.26. The molecule has 118 valence electrons. The van der Waals surface area contributed by atoms with Crippen LogP contribution in [0.25, 0.3) is 0 Å². The molecular weight excluding hydrogens is 329 g/mol. The average molecular weight is 343 g/mol. The van der Waals surface area contributed by atoms with E-state index in [1.54, 1.807) is 0 Å². The summed E-state index contributed by atoms with van der Waals surface area (Å²) < 4.78 is 65.2. The van der Waals surface area contributed by atoms with Gasteiger partial charge in [0.25, 0.3) is 0 Å². The van der Waals surface area contributed by atoms with E-state index in [-0.39, 0.29) is 18.1 Å². The van der Waals surface area contributed by atoms with Gasteiger partial charge in [0.2, 0.25) is 10.0 Å². The van der Waals surface area contributed by atoms with E-state index in [2.05, 4.69) is 0 Å². The van der Waals surface area contributed by atoms with Gasteiger partial charge < -0.3 is 5.73 Å². The summed E-state index contributed by atoms with van der Waals surface area (Å²) in [6.07, 6.45) is -3.67. The molecular formula is C12H14ClF3N2O2S. The van der Waals surface area contributed by atoms with Crippen molar-refractivity contribution in [2.75, 3.05) is 13.1 Å². The van der Waals surface area contributed by atoms with Crippen LogP contribution in [0.4, 0.5) is 13.2 Å². The number of benzene rings is 1. The van der Waals surface area contributed by atoms with Crippen molar-refractivity contribution in [3.63, 3.8) is 0 Å². The van der Waals surface area contributed by atoms with E-state index in [1.807, 2.05) is 0 Å². The molecule has 0 spiro atoms. The highest BCUT2D eigenvalue weighted by molar-refractivity contribution is 7.89. The third-order valence-corrected chi connectivity index (χ3v) is 5.67. The molecule has 1 fully saturated rings. The third-order valence-electron chi connectivity index (χ3n) is 3.43. The Morgan fingerprint density at radius 3 is 2.62 bits per heavy atom. The molecule has 1 aromatic carbocycles. The highest BCUT2D eigenvalue weighted by atomic mass is 35.5. The Morgan fingerprint density at radius 1 is 1.38 bits per heavy atom. The number of sulfonamides is 1. The van der Waals surface area contributed by atoms with E-state index >= 15 is 0 Å². The minimum absolute atomic E-state index is 0.0776. The SMILES string of the molecule is NC[C@H]1CCCN1S(=O)(=O)c1ccc(Cl)cc1C(F)(F)F. The zero-order valence-electron chi connectivity index (χ0n) is 10.9. The van der Waals surface area contributed by atoms with Gasteiger partial charge in [-0.2, -0.15) is 17.5 Å². The van der Waals surface area contributed by atoms with Crippen molar-refractivity contribution in [1.82, 2.24) is 4.31 Å². The van der Waals surface area contributed by atoms with E-state index in [0.717, 1.165) is 16.4 Å². The Morgan fingerprint density at radius 2 is 2.05 bits per heavy atom. The van der Waals surface area contributed by atoms with Crippen molar-refractivity contribution in [2.24, 2.45) is 5.73 Å². The summed E-state index contributed by atoms with van der Waals surface area (Å²) >= 11 is 5.56. The van der Waals surface area contributed by atoms with Crippen LogP contribution in [0.1, 0.15) is 18.4 Å². The van der Waals surface area contributed by atoms with Crippen LogP contribution in [0.15, 0.2) is 23.1 Å². The molecule has 2 N–H and O–H groups in total. The molecule has 1 saturated heterocycles. The first kappa shape index (κ1) is 16.5. The lowest BCUT2D eigenvalue weighted by molar-refractivity contribution is -0.139. The van der Waals surface area contributed by atoms with Crippen molar-refractivity contribution in [1.29, 1.82) is 0 Å². The molecule has 0 radical (unpaired) electrons. The molecule has 1 atom stereocenters. The van der Waals surface area contributed by atoms with Crippen molar-refractivity contribution in [2.45, 2.75) is 30.0 Å². The predicted molar refractivity (Wildman–Crippen MR) is 72.4 cm³/mol. The Balaban J connectivity index is 2.55. The molecule has 0 aliphatic carbocycles. The first-order valence-corrected chi connectivity index (χ1v) is 8.08. The molecule has 0 bridgehead atoms. The minimum Gasteiger partial charge on any atom is -0.329 e. The van der Waals surface area contributed by atoms with Gasteiger partial charge in [0.05, 0.1) is 10.5 Å². The molecule has 2 rings (SSSR count). The largest absolute Gasteiger partial charge is 0.417 e. The smallest absolute Gasteiger partial charge is 0.329 e. The van der Waals surface area contributed by atoms with E-state index in [1.165, 1.54) is 0 Å². The minimum atomic E-state index is -4.80. The lowest BCUT2D eigenvalue weighted by Gasteiger charge is -2.24. The number of alkyl halides is 3. The number of halogens is 4. The van der Waals surface area contributed by atoms with Crippen LogP contribution in [0.2, 0.25) is 5.02 Å². The van der Waals surface area contributed by atoms with Gasteiger partial charge >= 0.3 is 6.18 Å². The normalized spacial score (nSPS) is 20.9. The molecule has 0 amide bonds. The Hall–Kier alpha value is -0.830. The van der Waals surface area contributed by atoms with Crippen LogP contribution in [0, 0.1) is 0 Å².